The second-order valence-electron chi connectivity index (χ2n) is 4.12. The first-order chi connectivity index (χ1) is 9.01. The normalized spacial score (nSPS) is 11.5. The van der Waals surface area contributed by atoms with Gasteiger partial charge in [0.2, 0.25) is 5.88 Å². The molecule has 1 aromatic carbocycles. The summed E-state index contributed by atoms with van der Waals surface area (Å²) in [5, 5.41) is 3.62. The quantitative estimate of drug-likeness (QED) is 0.860. The standard InChI is InChI=1S/C12H15N3O3S/c1-9-8-12(18-14-9)15-19(16,17)11-4-2-10(3-5-11)6-7-13/h2-5,8,15H,6-7,13H2,1H3. The van der Waals surface area contributed by atoms with Crippen LogP contribution >= 0.6 is 0 Å². The van der Waals surface area contributed by atoms with Gasteiger partial charge in [-0.1, -0.05) is 17.3 Å². The smallest absolute Gasteiger partial charge is 0.264 e. The molecule has 0 aliphatic carbocycles. The van der Waals surface area contributed by atoms with Crippen LogP contribution in [-0.2, 0) is 16.4 Å². The van der Waals surface area contributed by atoms with Crippen molar-refractivity contribution in [2.75, 3.05) is 11.3 Å². The zero-order valence-electron chi connectivity index (χ0n) is 10.5. The minimum atomic E-state index is -3.65. The van der Waals surface area contributed by atoms with E-state index in [0.29, 0.717) is 12.2 Å². The first-order valence-corrected chi connectivity index (χ1v) is 7.25. The van der Waals surface area contributed by atoms with Crippen molar-refractivity contribution in [3.05, 3.63) is 41.6 Å². The molecule has 19 heavy (non-hydrogen) atoms. The van der Waals surface area contributed by atoms with Crippen molar-refractivity contribution in [3.8, 4) is 0 Å². The summed E-state index contributed by atoms with van der Waals surface area (Å²) < 4.78 is 31.3. The van der Waals surface area contributed by atoms with E-state index in [2.05, 4.69) is 9.88 Å². The molecule has 2 rings (SSSR count). The van der Waals surface area contributed by atoms with Crippen LogP contribution in [-0.4, -0.2) is 20.1 Å². The number of rotatable bonds is 5. The van der Waals surface area contributed by atoms with E-state index < -0.39 is 10.0 Å². The summed E-state index contributed by atoms with van der Waals surface area (Å²) in [6, 6.07) is 8.08. The SMILES string of the molecule is Cc1cc(NS(=O)(=O)c2ccc(CCN)cc2)on1. The van der Waals surface area contributed by atoms with E-state index in [1.165, 1.54) is 18.2 Å². The monoisotopic (exact) mass is 281 g/mol. The maximum absolute atomic E-state index is 12.1. The van der Waals surface area contributed by atoms with Gasteiger partial charge in [0.15, 0.2) is 0 Å². The van der Waals surface area contributed by atoms with Crippen LogP contribution in [0.5, 0.6) is 0 Å². The fraction of sp³-hybridized carbons (Fsp3) is 0.250. The predicted octanol–water partition coefficient (Wildman–Crippen LogP) is 1.29. The summed E-state index contributed by atoms with van der Waals surface area (Å²) in [4.78, 5) is 0.169. The first kappa shape index (κ1) is 13.6. The summed E-state index contributed by atoms with van der Waals surface area (Å²) >= 11 is 0. The molecule has 102 valence electrons. The number of nitrogens with two attached hydrogens (primary N) is 1. The number of hydrogen-bond acceptors (Lipinski definition) is 5. The Balaban J connectivity index is 2.19. The Morgan fingerprint density at radius 1 is 1.32 bits per heavy atom. The molecule has 2 aromatic rings. The van der Waals surface area contributed by atoms with Gasteiger partial charge in [-0.3, -0.25) is 0 Å². The molecule has 0 spiro atoms. The molecule has 0 aliphatic rings. The number of benzene rings is 1. The van der Waals surface area contributed by atoms with Gasteiger partial charge in [0.25, 0.3) is 10.0 Å². The fourth-order valence-electron chi connectivity index (χ4n) is 1.60. The van der Waals surface area contributed by atoms with Crippen LogP contribution in [0.3, 0.4) is 0 Å². The Hall–Kier alpha value is -1.86. The third-order valence-corrected chi connectivity index (χ3v) is 3.89. The molecule has 0 radical (unpaired) electrons. The van der Waals surface area contributed by atoms with E-state index in [4.69, 9.17) is 10.3 Å². The number of nitrogens with zero attached hydrogens (tertiary/aromatic N) is 1. The molecule has 0 fully saturated rings. The molecule has 6 nitrogen and oxygen atoms in total. The van der Waals surface area contributed by atoms with E-state index in [1.54, 1.807) is 19.1 Å². The lowest BCUT2D eigenvalue weighted by Gasteiger charge is -2.05. The second-order valence-corrected chi connectivity index (χ2v) is 5.80. The minimum absolute atomic E-state index is 0.100. The van der Waals surface area contributed by atoms with Gasteiger partial charge in [0.1, 0.15) is 0 Å². The van der Waals surface area contributed by atoms with Gasteiger partial charge in [-0.05, 0) is 37.6 Å². The maximum Gasteiger partial charge on any atom is 0.264 e. The van der Waals surface area contributed by atoms with Crippen molar-refractivity contribution in [1.82, 2.24) is 5.16 Å². The zero-order chi connectivity index (χ0) is 13.9. The van der Waals surface area contributed by atoms with Crippen LogP contribution in [0.2, 0.25) is 0 Å². The third kappa shape index (κ3) is 3.33. The van der Waals surface area contributed by atoms with Crippen molar-refractivity contribution in [2.24, 2.45) is 5.73 Å². The molecule has 1 aromatic heterocycles. The van der Waals surface area contributed by atoms with Crippen molar-refractivity contribution < 1.29 is 12.9 Å². The largest absolute Gasteiger partial charge is 0.338 e. The van der Waals surface area contributed by atoms with Gasteiger partial charge in [-0.25, -0.2) is 13.1 Å². The number of aromatic nitrogens is 1. The lowest BCUT2D eigenvalue weighted by atomic mass is 10.2. The average Bonchev–Trinajstić information content (AvgIpc) is 2.75. The molecule has 7 heteroatoms. The highest BCUT2D eigenvalue weighted by molar-refractivity contribution is 7.92. The molecule has 1 heterocycles. The molecule has 3 N–H and O–H groups in total. The number of sulfonamides is 1. The summed E-state index contributed by atoms with van der Waals surface area (Å²) in [6.45, 7) is 2.24. The van der Waals surface area contributed by atoms with Crippen LogP contribution in [0.4, 0.5) is 5.88 Å². The van der Waals surface area contributed by atoms with Crippen molar-refractivity contribution in [1.29, 1.82) is 0 Å². The number of aryl methyl sites for hydroxylation is 1. The van der Waals surface area contributed by atoms with Gasteiger partial charge in [-0.2, -0.15) is 0 Å². The van der Waals surface area contributed by atoms with E-state index in [9.17, 15) is 8.42 Å². The summed E-state index contributed by atoms with van der Waals surface area (Å²) in [7, 11) is -3.65. The van der Waals surface area contributed by atoms with Crippen molar-refractivity contribution >= 4 is 15.9 Å². The molecule has 0 amide bonds. The van der Waals surface area contributed by atoms with Gasteiger partial charge in [-0.15, -0.1) is 0 Å². The van der Waals surface area contributed by atoms with E-state index in [0.717, 1.165) is 12.0 Å². The highest BCUT2D eigenvalue weighted by Crippen LogP contribution is 2.17. The Morgan fingerprint density at radius 3 is 2.53 bits per heavy atom. The predicted molar refractivity (Wildman–Crippen MR) is 71.2 cm³/mol. The summed E-state index contributed by atoms with van der Waals surface area (Å²) in [5.41, 5.74) is 7.04. The Morgan fingerprint density at radius 2 is 2.00 bits per heavy atom. The summed E-state index contributed by atoms with van der Waals surface area (Å²) in [6.07, 6.45) is 0.717. The lowest BCUT2D eigenvalue weighted by Crippen LogP contribution is -2.12. The van der Waals surface area contributed by atoms with E-state index in [-0.39, 0.29) is 10.8 Å². The minimum Gasteiger partial charge on any atom is -0.338 e. The maximum atomic E-state index is 12.1. The number of anilines is 1. The number of hydrogen-bond donors (Lipinski definition) is 2. The third-order valence-electron chi connectivity index (χ3n) is 2.53. The van der Waals surface area contributed by atoms with Crippen LogP contribution in [0.25, 0.3) is 0 Å². The highest BCUT2D eigenvalue weighted by atomic mass is 32.2. The Kier molecular flexibility index (Phi) is 3.87. The van der Waals surface area contributed by atoms with Gasteiger partial charge < -0.3 is 10.3 Å². The van der Waals surface area contributed by atoms with Gasteiger partial charge >= 0.3 is 0 Å². The molecule has 0 unspecified atom stereocenters. The molecule has 0 saturated heterocycles. The molecular weight excluding hydrogens is 266 g/mol. The topological polar surface area (TPSA) is 98.2 Å². The molecular formula is C12H15N3O3S. The Bertz CT molecular complexity index is 647. The zero-order valence-corrected chi connectivity index (χ0v) is 11.3. The number of nitrogens with one attached hydrogen (secondary N) is 1. The fourth-order valence-corrected chi connectivity index (χ4v) is 2.58. The molecule has 0 aliphatic heterocycles. The van der Waals surface area contributed by atoms with Crippen LogP contribution in [0, 0.1) is 6.92 Å². The van der Waals surface area contributed by atoms with Gasteiger partial charge in [0, 0.05) is 6.07 Å². The van der Waals surface area contributed by atoms with Crippen LogP contribution in [0.1, 0.15) is 11.3 Å². The van der Waals surface area contributed by atoms with Crippen molar-refractivity contribution in [2.45, 2.75) is 18.2 Å². The van der Waals surface area contributed by atoms with Crippen molar-refractivity contribution in [3.63, 3.8) is 0 Å². The van der Waals surface area contributed by atoms with Gasteiger partial charge in [0.05, 0.1) is 10.6 Å². The highest BCUT2D eigenvalue weighted by Gasteiger charge is 2.16. The van der Waals surface area contributed by atoms with Crippen LogP contribution < -0.4 is 10.5 Å². The second kappa shape index (κ2) is 5.41. The summed E-state index contributed by atoms with van der Waals surface area (Å²) in [5.74, 6) is 0.100. The molecule has 0 atom stereocenters. The average molecular weight is 281 g/mol. The first-order valence-electron chi connectivity index (χ1n) is 5.76. The van der Waals surface area contributed by atoms with E-state index >= 15 is 0 Å². The lowest BCUT2D eigenvalue weighted by molar-refractivity contribution is 0.430. The Labute approximate surface area is 111 Å². The molecule has 0 saturated carbocycles. The van der Waals surface area contributed by atoms with E-state index in [1.807, 2.05) is 0 Å². The van der Waals surface area contributed by atoms with Crippen LogP contribution in [0.15, 0.2) is 39.8 Å². The molecule has 0 bridgehead atoms.